The van der Waals surface area contributed by atoms with E-state index in [1.807, 2.05) is 36.5 Å². The van der Waals surface area contributed by atoms with Crippen molar-refractivity contribution in [2.24, 2.45) is 0 Å². The molecule has 15 heavy (non-hydrogen) atoms. The molecule has 0 aliphatic carbocycles. The second-order valence-corrected chi connectivity index (χ2v) is 6.03. The Morgan fingerprint density at radius 2 is 2.47 bits per heavy atom. The standard InChI is InChI=1S/C10H15N3S2/c1-8-2-3-11-10(13-8)12-6-9-7-14-4-5-15-9/h2-3,9H,4-7H2,1H3,(H,11,12,13). The first-order valence-electron chi connectivity index (χ1n) is 5.07. The molecule has 1 N–H and O–H groups in total. The fourth-order valence-electron chi connectivity index (χ4n) is 1.39. The minimum absolute atomic E-state index is 0.702. The molecule has 5 heteroatoms. The molecule has 82 valence electrons. The summed E-state index contributed by atoms with van der Waals surface area (Å²) in [6.45, 7) is 2.96. The molecule has 0 bridgehead atoms. The quantitative estimate of drug-likeness (QED) is 0.876. The number of hydrogen-bond donors (Lipinski definition) is 1. The van der Waals surface area contributed by atoms with Gasteiger partial charge in [0.1, 0.15) is 0 Å². The van der Waals surface area contributed by atoms with E-state index in [2.05, 4.69) is 15.3 Å². The van der Waals surface area contributed by atoms with Gasteiger partial charge in [0.05, 0.1) is 0 Å². The first-order valence-corrected chi connectivity index (χ1v) is 7.28. The van der Waals surface area contributed by atoms with E-state index in [-0.39, 0.29) is 0 Å². The van der Waals surface area contributed by atoms with Crippen LogP contribution in [0.5, 0.6) is 0 Å². The molecule has 0 radical (unpaired) electrons. The molecule has 1 atom stereocenters. The molecule has 0 aromatic carbocycles. The van der Waals surface area contributed by atoms with Gasteiger partial charge in [-0.1, -0.05) is 0 Å². The maximum atomic E-state index is 4.32. The van der Waals surface area contributed by atoms with Crippen molar-refractivity contribution in [1.82, 2.24) is 9.97 Å². The van der Waals surface area contributed by atoms with Crippen molar-refractivity contribution >= 4 is 29.5 Å². The van der Waals surface area contributed by atoms with E-state index < -0.39 is 0 Å². The van der Waals surface area contributed by atoms with Crippen molar-refractivity contribution in [2.75, 3.05) is 29.1 Å². The summed E-state index contributed by atoms with van der Waals surface area (Å²) in [5, 5.41) is 4.00. The van der Waals surface area contributed by atoms with Crippen molar-refractivity contribution in [1.29, 1.82) is 0 Å². The van der Waals surface area contributed by atoms with Crippen LogP contribution < -0.4 is 5.32 Å². The van der Waals surface area contributed by atoms with E-state index in [1.165, 1.54) is 17.3 Å². The third-order valence-corrected chi connectivity index (χ3v) is 5.01. The molecule has 2 heterocycles. The van der Waals surface area contributed by atoms with E-state index in [9.17, 15) is 0 Å². The van der Waals surface area contributed by atoms with Crippen LogP contribution in [0.4, 0.5) is 5.95 Å². The molecule has 0 amide bonds. The van der Waals surface area contributed by atoms with Crippen molar-refractivity contribution in [3.63, 3.8) is 0 Å². The van der Waals surface area contributed by atoms with Crippen LogP contribution in [-0.2, 0) is 0 Å². The monoisotopic (exact) mass is 241 g/mol. The van der Waals surface area contributed by atoms with Crippen LogP contribution in [0.3, 0.4) is 0 Å². The van der Waals surface area contributed by atoms with E-state index in [1.54, 1.807) is 6.20 Å². The van der Waals surface area contributed by atoms with Crippen molar-refractivity contribution < 1.29 is 0 Å². The van der Waals surface area contributed by atoms with Gasteiger partial charge in [0.2, 0.25) is 5.95 Å². The third-order valence-electron chi connectivity index (χ3n) is 2.17. The molecule has 1 aliphatic heterocycles. The normalized spacial score (nSPS) is 21.3. The topological polar surface area (TPSA) is 37.8 Å². The Balaban J connectivity index is 1.81. The lowest BCUT2D eigenvalue weighted by Crippen LogP contribution is -2.23. The Morgan fingerprint density at radius 1 is 1.53 bits per heavy atom. The summed E-state index contributed by atoms with van der Waals surface area (Å²) in [5.74, 6) is 4.56. The van der Waals surface area contributed by atoms with Gasteiger partial charge in [-0.05, 0) is 13.0 Å². The van der Waals surface area contributed by atoms with Gasteiger partial charge in [0.25, 0.3) is 0 Å². The van der Waals surface area contributed by atoms with Crippen LogP contribution in [0, 0.1) is 6.92 Å². The third kappa shape index (κ3) is 3.57. The smallest absolute Gasteiger partial charge is 0.222 e. The van der Waals surface area contributed by atoms with Crippen LogP contribution in [0.1, 0.15) is 5.69 Å². The molecule has 1 aliphatic rings. The lowest BCUT2D eigenvalue weighted by Gasteiger charge is -2.21. The number of nitrogens with one attached hydrogen (secondary N) is 1. The molecule has 0 saturated carbocycles. The Kier molecular flexibility index (Phi) is 4.14. The molecular formula is C10H15N3S2. The summed E-state index contributed by atoms with van der Waals surface area (Å²) in [6, 6.07) is 1.91. The van der Waals surface area contributed by atoms with E-state index >= 15 is 0 Å². The number of aromatic nitrogens is 2. The van der Waals surface area contributed by atoms with Gasteiger partial charge in [-0.25, -0.2) is 9.97 Å². The van der Waals surface area contributed by atoms with Gasteiger partial charge in [-0.3, -0.25) is 0 Å². The predicted molar refractivity (Wildman–Crippen MR) is 68.8 cm³/mol. The number of aryl methyl sites for hydroxylation is 1. The van der Waals surface area contributed by atoms with Crippen molar-refractivity contribution in [3.8, 4) is 0 Å². The lowest BCUT2D eigenvalue weighted by atomic mass is 10.4. The highest BCUT2D eigenvalue weighted by Crippen LogP contribution is 2.23. The first kappa shape index (κ1) is 11.1. The fraction of sp³-hybridized carbons (Fsp3) is 0.600. The summed E-state index contributed by atoms with van der Waals surface area (Å²) in [7, 11) is 0. The average Bonchev–Trinajstić information content (AvgIpc) is 2.28. The number of rotatable bonds is 3. The highest BCUT2D eigenvalue weighted by atomic mass is 32.2. The Bertz CT molecular complexity index is 313. The zero-order valence-corrected chi connectivity index (χ0v) is 10.4. The lowest BCUT2D eigenvalue weighted by molar-refractivity contribution is 0.965. The maximum absolute atomic E-state index is 4.32. The summed E-state index contributed by atoms with van der Waals surface area (Å²) in [6.07, 6.45) is 1.80. The summed E-state index contributed by atoms with van der Waals surface area (Å²) in [5.41, 5.74) is 1.01. The zero-order valence-electron chi connectivity index (χ0n) is 8.77. The highest BCUT2D eigenvalue weighted by molar-refractivity contribution is 8.06. The molecule has 1 unspecified atom stereocenters. The Morgan fingerprint density at radius 3 is 3.20 bits per heavy atom. The Labute approximate surface area is 98.9 Å². The van der Waals surface area contributed by atoms with Gasteiger partial charge in [0, 0.05) is 40.9 Å². The minimum Gasteiger partial charge on any atom is -0.353 e. The van der Waals surface area contributed by atoms with Crippen LogP contribution in [0.25, 0.3) is 0 Å². The van der Waals surface area contributed by atoms with Crippen LogP contribution in [0.2, 0.25) is 0 Å². The first-order chi connectivity index (χ1) is 7.34. The van der Waals surface area contributed by atoms with Crippen LogP contribution in [0.15, 0.2) is 12.3 Å². The van der Waals surface area contributed by atoms with Gasteiger partial charge in [0.15, 0.2) is 0 Å². The zero-order chi connectivity index (χ0) is 10.5. The molecule has 1 aromatic heterocycles. The molecule has 1 aromatic rings. The minimum atomic E-state index is 0.702. The molecule has 3 nitrogen and oxygen atoms in total. The summed E-state index contributed by atoms with van der Waals surface area (Å²) >= 11 is 4.09. The van der Waals surface area contributed by atoms with Crippen LogP contribution >= 0.6 is 23.5 Å². The predicted octanol–water partition coefficient (Wildman–Crippen LogP) is 2.05. The molecule has 2 rings (SSSR count). The van der Waals surface area contributed by atoms with E-state index in [4.69, 9.17) is 0 Å². The van der Waals surface area contributed by atoms with E-state index in [0.717, 1.165) is 18.2 Å². The SMILES string of the molecule is Cc1ccnc(NCC2CSCCS2)n1. The molecular weight excluding hydrogens is 226 g/mol. The molecule has 1 saturated heterocycles. The molecule has 1 fully saturated rings. The van der Waals surface area contributed by atoms with E-state index in [0.29, 0.717) is 5.25 Å². The number of thioether (sulfide) groups is 2. The summed E-state index contributed by atoms with van der Waals surface area (Å²) in [4.78, 5) is 8.50. The highest BCUT2D eigenvalue weighted by Gasteiger charge is 2.13. The number of hydrogen-bond acceptors (Lipinski definition) is 5. The second-order valence-electron chi connectivity index (χ2n) is 3.47. The van der Waals surface area contributed by atoms with Gasteiger partial charge < -0.3 is 5.32 Å². The second kappa shape index (κ2) is 5.61. The number of anilines is 1. The number of nitrogens with zero attached hydrogens (tertiary/aromatic N) is 2. The van der Waals surface area contributed by atoms with Crippen molar-refractivity contribution in [2.45, 2.75) is 12.2 Å². The van der Waals surface area contributed by atoms with Gasteiger partial charge in [-0.15, -0.1) is 0 Å². The van der Waals surface area contributed by atoms with Crippen LogP contribution in [-0.4, -0.2) is 39.0 Å². The Hall–Kier alpha value is -0.420. The van der Waals surface area contributed by atoms with Gasteiger partial charge in [-0.2, -0.15) is 23.5 Å². The summed E-state index contributed by atoms with van der Waals surface area (Å²) < 4.78 is 0. The fourth-order valence-corrected chi connectivity index (χ4v) is 4.01. The average molecular weight is 241 g/mol. The van der Waals surface area contributed by atoms with Gasteiger partial charge >= 0.3 is 0 Å². The van der Waals surface area contributed by atoms with Crippen molar-refractivity contribution in [3.05, 3.63) is 18.0 Å². The molecule has 0 spiro atoms. The largest absolute Gasteiger partial charge is 0.353 e. The maximum Gasteiger partial charge on any atom is 0.222 e.